The average Bonchev–Trinajstić information content (AvgIpc) is 1.82. The second-order valence-electron chi connectivity index (χ2n) is 3.99. The van der Waals surface area contributed by atoms with Gasteiger partial charge in [0.15, 0.2) is 0 Å². The quantitative estimate of drug-likeness (QED) is 0.585. The normalized spacial score (nSPS) is 11.8. The molecular weight excluding hydrogens is 184 g/mol. The van der Waals surface area contributed by atoms with E-state index in [1.54, 1.807) is 0 Å². The van der Waals surface area contributed by atoms with Crippen LogP contribution in [0.5, 0.6) is 0 Å². The molecule has 0 N–H and O–H groups in total. The van der Waals surface area contributed by atoms with Gasteiger partial charge in [-0.05, 0) is 29.2 Å². The smallest absolute Gasteiger partial charge is 0.00539 e. The topological polar surface area (TPSA) is 0 Å². The molecule has 66 valence electrons. The van der Waals surface area contributed by atoms with E-state index >= 15 is 0 Å². The highest BCUT2D eigenvalue weighted by Gasteiger charge is 2.13. The minimum absolute atomic E-state index is 0.177. The van der Waals surface area contributed by atoms with E-state index in [4.69, 9.17) is 0 Å². The van der Waals surface area contributed by atoms with Crippen molar-refractivity contribution in [3.8, 4) is 0 Å². The average molecular weight is 198 g/mol. The van der Waals surface area contributed by atoms with Crippen molar-refractivity contribution in [3.05, 3.63) is 23.8 Å². The predicted molar refractivity (Wildman–Crippen MR) is 59.6 cm³/mol. The third-order valence-corrected chi connectivity index (χ3v) is 2.28. The van der Waals surface area contributed by atoms with Gasteiger partial charge >= 0.3 is 0 Å². The molecule has 0 fully saturated rings. The number of hydrogen-bond acceptors (Lipinski definition) is 2. The molecule has 0 heterocycles. The van der Waals surface area contributed by atoms with Gasteiger partial charge in [0.05, 0.1) is 0 Å². The van der Waals surface area contributed by atoms with Crippen LogP contribution in [0.4, 0.5) is 0 Å². The fourth-order valence-corrected chi connectivity index (χ4v) is 1.69. The summed E-state index contributed by atoms with van der Waals surface area (Å²) in [5, 5.41) is 0. The Labute approximate surface area is 85.2 Å². The molecule has 0 amide bonds. The summed E-state index contributed by atoms with van der Waals surface area (Å²) in [4.78, 5) is 1.96. The van der Waals surface area contributed by atoms with Gasteiger partial charge in [-0.25, -0.2) is 0 Å². The highest BCUT2D eigenvalue weighted by atomic mass is 32.1. The van der Waals surface area contributed by atoms with E-state index in [0.29, 0.717) is 0 Å². The first-order valence-electron chi connectivity index (χ1n) is 3.93. The standard InChI is InChI=1S/C10H14S2/c1-10(2,3)7-4-8(11)6-9(12)5-7/h4-6,11-12H,1-3H3. The van der Waals surface area contributed by atoms with Crippen LogP contribution >= 0.6 is 25.3 Å². The van der Waals surface area contributed by atoms with Crippen LogP contribution in [0.15, 0.2) is 28.0 Å². The lowest BCUT2D eigenvalue weighted by Crippen LogP contribution is -2.10. The van der Waals surface area contributed by atoms with E-state index in [9.17, 15) is 0 Å². The van der Waals surface area contributed by atoms with Crippen LogP contribution in [0.2, 0.25) is 0 Å². The van der Waals surface area contributed by atoms with Crippen molar-refractivity contribution >= 4 is 25.3 Å². The van der Waals surface area contributed by atoms with Crippen molar-refractivity contribution in [2.45, 2.75) is 36.0 Å². The van der Waals surface area contributed by atoms with Crippen molar-refractivity contribution in [2.24, 2.45) is 0 Å². The molecule has 0 radical (unpaired) electrons. The van der Waals surface area contributed by atoms with Crippen LogP contribution < -0.4 is 0 Å². The Hall–Kier alpha value is -0.0800. The Kier molecular flexibility index (Phi) is 2.79. The first kappa shape index (κ1) is 10.0. The van der Waals surface area contributed by atoms with E-state index in [1.165, 1.54) is 5.56 Å². The highest BCUT2D eigenvalue weighted by Crippen LogP contribution is 2.26. The first-order chi connectivity index (χ1) is 5.39. The van der Waals surface area contributed by atoms with Gasteiger partial charge < -0.3 is 0 Å². The van der Waals surface area contributed by atoms with Crippen molar-refractivity contribution < 1.29 is 0 Å². The third-order valence-electron chi connectivity index (χ3n) is 1.77. The van der Waals surface area contributed by atoms with Gasteiger partial charge in [-0.1, -0.05) is 20.8 Å². The van der Waals surface area contributed by atoms with Crippen LogP contribution in [0, 0.1) is 0 Å². The molecule has 1 rings (SSSR count). The molecule has 0 aliphatic carbocycles. The first-order valence-corrected chi connectivity index (χ1v) is 4.82. The van der Waals surface area contributed by atoms with Crippen LogP contribution in [0.3, 0.4) is 0 Å². The lowest BCUT2D eigenvalue weighted by Gasteiger charge is -2.19. The van der Waals surface area contributed by atoms with Crippen molar-refractivity contribution in [1.29, 1.82) is 0 Å². The van der Waals surface area contributed by atoms with E-state index in [0.717, 1.165) is 9.79 Å². The molecule has 0 unspecified atom stereocenters. The lowest BCUT2D eigenvalue weighted by molar-refractivity contribution is 0.587. The van der Waals surface area contributed by atoms with Crippen LogP contribution in [-0.4, -0.2) is 0 Å². The fourth-order valence-electron chi connectivity index (χ4n) is 1.03. The zero-order chi connectivity index (χ0) is 9.35. The van der Waals surface area contributed by atoms with Crippen LogP contribution in [0.25, 0.3) is 0 Å². The lowest BCUT2D eigenvalue weighted by atomic mass is 9.87. The number of benzene rings is 1. The Morgan fingerprint density at radius 3 is 1.67 bits per heavy atom. The van der Waals surface area contributed by atoms with Crippen molar-refractivity contribution in [1.82, 2.24) is 0 Å². The van der Waals surface area contributed by atoms with E-state index in [2.05, 4.69) is 58.2 Å². The molecule has 0 spiro atoms. The maximum Gasteiger partial charge on any atom is 0.00539 e. The highest BCUT2D eigenvalue weighted by molar-refractivity contribution is 7.81. The van der Waals surface area contributed by atoms with Gasteiger partial charge in [0.25, 0.3) is 0 Å². The minimum atomic E-state index is 0.177. The molecule has 1 aromatic rings. The minimum Gasteiger partial charge on any atom is -0.143 e. The van der Waals surface area contributed by atoms with Gasteiger partial charge in [0, 0.05) is 9.79 Å². The summed E-state index contributed by atoms with van der Waals surface area (Å²) in [5.74, 6) is 0. The largest absolute Gasteiger partial charge is 0.143 e. The second-order valence-corrected chi connectivity index (χ2v) is 5.02. The molecule has 0 aliphatic rings. The zero-order valence-electron chi connectivity index (χ0n) is 7.63. The van der Waals surface area contributed by atoms with E-state index in [1.807, 2.05) is 6.07 Å². The van der Waals surface area contributed by atoms with Crippen LogP contribution in [0.1, 0.15) is 26.3 Å². The van der Waals surface area contributed by atoms with Gasteiger partial charge in [0.1, 0.15) is 0 Å². The van der Waals surface area contributed by atoms with Gasteiger partial charge in [0.2, 0.25) is 0 Å². The molecule has 0 aliphatic heterocycles. The Balaban J connectivity index is 3.18. The van der Waals surface area contributed by atoms with Crippen LogP contribution in [-0.2, 0) is 5.41 Å². The SMILES string of the molecule is CC(C)(C)c1cc(S)cc(S)c1. The summed E-state index contributed by atoms with van der Waals surface area (Å²) in [6.07, 6.45) is 0. The van der Waals surface area contributed by atoms with Gasteiger partial charge in [-0.2, -0.15) is 0 Å². The number of hydrogen-bond donors (Lipinski definition) is 2. The van der Waals surface area contributed by atoms with Crippen molar-refractivity contribution in [3.63, 3.8) is 0 Å². The third kappa shape index (κ3) is 2.46. The fraction of sp³-hybridized carbons (Fsp3) is 0.400. The Bertz CT molecular complexity index is 264. The molecule has 0 bridgehead atoms. The summed E-state index contributed by atoms with van der Waals surface area (Å²) >= 11 is 8.61. The number of thiol groups is 2. The zero-order valence-corrected chi connectivity index (χ0v) is 9.42. The summed E-state index contributed by atoms with van der Waals surface area (Å²) in [6.45, 7) is 6.55. The summed E-state index contributed by atoms with van der Waals surface area (Å²) in [5.41, 5.74) is 1.45. The Morgan fingerprint density at radius 1 is 0.917 bits per heavy atom. The number of rotatable bonds is 0. The molecule has 2 heteroatoms. The van der Waals surface area contributed by atoms with Crippen molar-refractivity contribution in [2.75, 3.05) is 0 Å². The molecule has 0 aromatic heterocycles. The monoisotopic (exact) mass is 198 g/mol. The molecule has 0 saturated heterocycles. The second kappa shape index (κ2) is 3.35. The molecule has 0 nitrogen and oxygen atoms in total. The summed E-state index contributed by atoms with van der Waals surface area (Å²) in [7, 11) is 0. The maximum absolute atomic E-state index is 4.31. The van der Waals surface area contributed by atoms with Gasteiger partial charge in [-0.3, -0.25) is 0 Å². The van der Waals surface area contributed by atoms with E-state index < -0.39 is 0 Å². The molecular formula is C10H14S2. The summed E-state index contributed by atoms with van der Waals surface area (Å²) < 4.78 is 0. The van der Waals surface area contributed by atoms with Gasteiger partial charge in [-0.15, -0.1) is 25.3 Å². The molecule has 0 saturated carbocycles. The van der Waals surface area contributed by atoms with E-state index in [-0.39, 0.29) is 5.41 Å². The molecule has 12 heavy (non-hydrogen) atoms. The Morgan fingerprint density at radius 2 is 1.33 bits per heavy atom. The summed E-state index contributed by atoms with van der Waals surface area (Å²) in [6, 6.07) is 6.12. The predicted octanol–water partition coefficient (Wildman–Crippen LogP) is 3.56. The maximum atomic E-state index is 4.31. The molecule has 0 atom stereocenters. The molecule has 1 aromatic carbocycles.